The fraction of sp³-hybridized carbons (Fsp3) is 0.500. The lowest BCUT2D eigenvalue weighted by Crippen LogP contribution is -2.41. The van der Waals surface area contributed by atoms with Crippen molar-refractivity contribution in [2.75, 3.05) is 6.61 Å². The second-order valence-electron chi connectivity index (χ2n) is 5.96. The van der Waals surface area contributed by atoms with Crippen LogP contribution in [0, 0.1) is 0 Å². The average molecular weight is 385 g/mol. The van der Waals surface area contributed by atoms with E-state index in [1.807, 2.05) is 24.3 Å². The van der Waals surface area contributed by atoms with E-state index >= 15 is 0 Å². The second-order valence-corrected chi connectivity index (χ2v) is 6.88. The zero-order valence-corrected chi connectivity index (χ0v) is 14.4. The predicted molar refractivity (Wildman–Crippen MR) is 82.5 cm³/mol. The van der Waals surface area contributed by atoms with Gasteiger partial charge in [-0.25, -0.2) is 4.79 Å². The molecule has 0 saturated carbocycles. The third kappa shape index (κ3) is 3.63. The average Bonchev–Trinajstić information content (AvgIpc) is 3.00. The molecule has 0 amide bonds. The molecular formula is C16H17BrO6. The monoisotopic (exact) mass is 384 g/mol. The highest BCUT2D eigenvalue weighted by Gasteiger charge is 2.52. The van der Waals surface area contributed by atoms with Crippen LogP contribution in [0.3, 0.4) is 0 Å². The summed E-state index contributed by atoms with van der Waals surface area (Å²) < 4.78 is 22.9. The Bertz CT molecular complexity index is 612. The molecule has 2 saturated heterocycles. The molecule has 6 nitrogen and oxygen atoms in total. The van der Waals surface area contributed by atoms with E-state index in [1.54, 1.807) is 13.8 Å². The van der Waals surface area contributed by atoms with E-state index < -0.39 is 35.9 Å². The third-order valence-corrected chi connectivity index (χ3v) is 4.27. The fourth-order valence-electron chi connectivity index (χ4n) is 2.59. The number of Topliss-reactive ketones (excluding diaryl/α,β-unsaturated/α-hetero) is 1. The minimum Gasteiger partial charge on any atom is -0.450 e. The molecule has 2 heterocycles. The van der Waals surface area contributed by atoms with Gasteiger partial charge in [-0.2, -0.15) is 0 Å². The SMILES string of the molecule is CC1(C)OC[C@@H]([C@@H]2OC(=O)C(=O)[C@H]2OCc2ccc(Br)cc2)O1. The summed E-state index contributed by atoms with van der Waals surface area (Å²) in [6, 6.07) is 7.51. The zero-order valence-electron chi connectivity index (χ0n) is 12.8. The van der Waals surface area contributed by atoms with Crippen LogP contribution in [0.1, 0.15) is 19.4 Å². The van der Waals surface area contributed by atoms with E-state index in [0.29, 0.717) is 0 Å². The van der Waals surface area contributed by atoms with Crippen LogP contribution in [0.2, 0.25) is 0 Å². The van der Waals surface area contributed by atoms with Crippen LogP contribution in [-0.4, -0.2) is 42.5 Å². The van der Waals surface area contributed by atoms with Gasteiger partial charge in [0.15, 0.2) is 18.0 Å². The molecule has 0 spiro atoms. The van der Waals surface area contributed by atoms with Crippen LogP contribution in [0.5, 0.6) is 0 Å². The van der Waals surface area contributed by atoms with E-state index in [4.69, 9.17) is 18.9 Å². The second kappa shape index (κ2) is 6.32. The van der Waals surface area contributed by atoms with Gasteiger partial charge in [0.2, 0.25) is 0 Å². The van der Waals surface area contributed by atoms with Crippen LogP contribution in [-0.2, 0) is 35.1 Å². The van der Waals surface area contributed by atoms with Crippen LogP contribution >= 0.6 is 15.9 Å². The molecule has 1 aromatic carbocycles. The van der Waals surface area contributed by atoms with Crippen molar-refractivity contribution in [2.45, 2.75) is 44.6 Å². The van der Waals surface area contributed by atoms with Crippen LogP contribution < -0.4 is 0 Å². The lowest BCUT2D eigenvalue weighted by Gasteiger charge is -2.23. The molecule has 1 aromatic rings. The van der Waals surface area contributed by atoms with Crippen molar-refractivity contribution in [1.29, 1.82) is 0 Å². The maximum absolute atomic E-state index is 12.0. The Morgan fingerprint density at radius 2 is 1.96 bits per heavy atom. The molecule has 0 aromatic heterocycles. The molecule has 0 unspecified atom stereocenters. The van der Waals surface area contributed by atoms with E-state index in [9.17, 15) is 9.59 Å². The van der Waals surface area contributed by atoms with Crippen molar-refractivity contribution in [2.24, 2.45) is 0 Å². The highest BCUT2D eigenvalue weighted by molar-refractivity contribution is 9.10. The summed E-state index contributed by atoms with van der Waals surface area (Å²) >= 11 is 3.36. The van der Waals surface area contributed by atoms with Gasteiger partial charge in [0, 0.05) is 4.47 Å². The predicted octanol–water partition coefficient (Wildman–Crippen LogP) is 1.98. The van der Waals surface area contributed by atoms with Gasteiger partial charge in [0.05, 0.1) is 13.2 Å². The molecule has 124 valence electrons. The first-order valence-electron chi connectivity index (χ1n) is 7.28. The number of ether oxygens (including phenoxy) is 4. The first-order chi connectivity index (χ1) is 10.9. The Balaban J connectivity index is 1.68. The van der Waals surface area contributed by atoms with Gasteiger partial charge < -0.3 is 18.9 Å². The number of carbonyl (C=O) groups excluding carboxylic acids is 2. The van der Waals surface area contributed by atoms with Crippen LogP contribution in [0.4, 0.5) is 0 Å². The number of cyclic esters (lactones) is 1. The van der Waals surface area contributed by atoms with Crippen LogP contribution in [0.15, 0.2) is 28.7 Å². The molecular weight excluding hydrogens is 368 g/mol. The highest BCUT2D eigenvalue weighted by atomic mass is 79.9. The number of halogens is 1. The summed E-state index contributed by atoms with van der Waals surface area (Å²) in [6.45, 7) is 3.98. The van der Waals surface area contributed by atoms with Crippen molar-refractivity contribution < 1.29 is 28.5 Å². The molecule has 0 bridgehead atoms. The molecule has 0 N–H and O–H groups in total. The maximum Gasteiger partial charge on any atom is 0.378 e. The molecule has 2 fully saturated rings. The van der Waals surface area contributed by atoms with Crippen molar-refractivity contribution in [1.82, 2.24) is 0 Å². The summed E-state index contributed by atoms with van der Waals surface area (Å²) in [5, 5.41) is 0. The topological polar surface area (TPSA) is 71.1 Å². The number of hydrogen-bond acceptors (Lipinski definition) is 6. The van der Waals surface area contributed by atoms with E-state index in [-0.39, 0.29) is 13.2 Å². The number of ketones is 1. The Kier molecular flexibility index (Phi) is 4.55. The Labute approximate surface area is 142 Å². The summed E-state index contributed by atoms with van der Waals surface area (Å²) in [7, 11) is 0. The molecule has 0 radical (unpaired) electrons. The first-order valence-corrected chi connectivity index (χ1v) is 8.08. The number of hydrogen-bond donors (Lipinski definition) is 0. The van der Waals surface area contributed by atoms with Crippen molar-refractivity contribution >= 4 is 27.7 Å². The van der Waals surface area contributed by atoms with Crippen molar-refractivity contribution in [3.8, 4) is 0 Å². The van der Waals surface area contributed by atoms with Gasteiger partial charge in [-0.3, -0.25) is 4.79 Å². The normalized spacial score (nSPS) is 29.8. The van der Waals surface area contributed by atoms with E-state index in [0.717, 1.165) is 10.0 Å². The van der Waals surface area contributed by atoms with Crippen molar-refractivity contribution in [3.05, 3.63) is 34.3 Å². The lowest BCUT2D eigenvalue weighted by molar-refractivity contribution is -0.168. The summed E-state index contributed by atoms with van der Waals surface area (Å²) in [5.41, 5.74) is 0.892. The smallest absolute Gasteiger partial charge is 0.378 e. The van der Waals surface area contributed by atoms with Gasteiger partial charge in [-0.05, 0) is 31.5 Å². The van der Waals surface area contributed by atoms with Gasteiger partial charge in [0.1, 0.15) is 6.10 Å². The molecule has 3 atom stereocenters. The standard InChI is InChI=1S/C16H17BrO6/c1-16(2)21-8-11(23-16)13-14(12(18)15(19)22-13)20-7-9-3-5-10(17)6-4-9/h3-6,11,13-14H,7-8H2,1-2H3/t11-,13-,14+/m0/s1. The number of carbonyl (C=O) groups is 2. The minimum atomic E-state index is -0.978. The summed E-state index contributed by atoms with van der Waals surface area (Å²) in [6.07, 6.45) is -2.28. The largest absolute Gasteiger partial charge is 0.450 e. The summed E-state index contributed by atoms with van der Waals surface area (Å²) in [4.78, 5) is 23.6. The number of rotatable bonds is 4. The summed E-state index contributed by atoms with van der Waals surface area (Å²) in [5.74, 6) is -2.33. The Morgan fingerprint density at radius 1 is 1.26 bits per heavy atom. The first kappa shape index (κ1) is 16.6. The van der Waals surface area contributed by atoms with Crippen molar-refractivity contribution in [3.63, 3.8) is 0 Å². The molecule has 3 rings (SSSR count). The quantitative estimate of drug-likeness (QED) is 0.583. The van der Waals surface area contributed by atoms with E-state index in [2.05, 4.69) is 15.9 Å². The van der Waals surface area contributed by atoms with Gasteiger partial charge in [-0.1, -0.05) is 28.1 Å². The zero-order chi connectivity index (χ0) is 16.6. The van der Waals surface area contributed by atoms with Gasteiger partial charge >= 0.3 is 5.97 Å². The third-order valence-electron chi connectivity index (χ3n) is 3.74. The lowest BCUT2D eigenvalue weighted by atomic mass is 10.1. The number of benzene rings is 1. The number of esters is 1. The molecule has 0 aliphatic carbocycles. The van der Waals surface area contributed by atoms with Crippen LogP contribution in [0.25, 0.3) is 0 Å². The fourth-order valence-corrected chi connectivity index (χ4v) is 2.86. The molecule has 23 heavy (non-hydrogen) atoms. The molecule has 2 aliphatic rings. The van der Waals surface area contributed by atoms with E-state index in [1.165, 1.54) is 0 Å². The maximum atomic E-state index is 12.0. The Morgan fingerprint density at radius 3 is 2.57 bits per heavy atom. The highest BCUT2D eigenvalue weighted by Crippen LogP contribution is 2.30. The molecule has 7 heteroatoms. The molecule has 2 aliphatic heterocycles. The minimum absolute atomic E-state index is 0.202. The van der Waals surface area contributed by atoms with Gasteiger partial charge in [0.25, 0.3) is 5.78 Å². The Hall–Kier alpha value is -1.28. The van der Waals surface area contributed by atoms with Gasteiger partial charge in [-0.15, -0.1) is 0 Å².